The van der Waals surface area contributed by atoms with Gasteiger partial charge in [-0.1, -0.05) is 24.3 Å². The fourth-order valence-corrected chi connectivity index (χ4v) is 3.01. The van der Waals surface area contributed by atoms with E-state index in [2.05, 4.69) is 34.9 Å². The van der Waals surface area contributed by atoms with Gasteiger partial charge in [-0.25, -0.2) is 4.79 Å². The van der Waals surface area contributed by atoms with Crippen molar-refractivity contribution in [2.75, 3.05) is 0 Å². The SMILES string of the molecule is CC(C)(C)OC(=O)NC1CC(NCc2cccc(C3CC3)c2)C1. The summed E-state index contributed by atoms with van der Waals surface area (Å²) in [4.78, 5) is 11.7. The maximum Gasteiger partial charge on any atom is 0.407 e. The molecule has 0 aliphatic heterocycles. The third-order valence-corrected chi connectivity index (χ3v) is 4.45. The van der Waals surface area contributed by atoms with Gasteiger partial charge in [0.2, 0.25) is 0 Å². The van der Waals surface area contributed by atoms with Crippen molar-refractivity contribution >= 4 is 6.09 Å². The Hall–Kier alpha value is -1.55. The Morgan fingerprint density at radius 2 is 1.96 bits per heavy atom. The second-order valence-electron chi connectivity index (χ2n) is 7.91. The standard InChI is InChI=1S/C19H28N2O2/c1-19(2,3)23-18(22)21-17-10-16(11-17)20-12-13-5-4-6-15(9-13)14-7-8-14/h4-6,9,14,16-17,20H,7-8,10-12H2,1-3H3,(H,21,22). The van der Waals surface area contributed by atoms with Crippen molar-refractivity contribution in [1.29, 1.82) is 0 Å². The van der Waals surface area contributed by atoms with Crippen LogP contribution in [0.3, 0.4) is 0 Å². The highest BCUT2D eigenvalue weighted by atomic mass is 16.6. The van der Waals surface area contributed by atoms with Gasteiger partial charge in [-0.05, 0) is 63.5 Å². The number of benzene rings is 1. The summed E-state index contributed by atoms with van der Waals surface area (Å²) in [5.74, 6) is 0.807. The van der Waals surface area contributed by atoms with E-state index >= 15 is 0 Å². The Kier molecular flexibility index (Phi) is 4.62. The Morgan fingerprint density at radius 3 is 2.61 bits per heavy atom. The van der Waals surface area contributed by atoms with Crippen LogP contribution in [0.4, 0.5) is 4.79 Å². The van der Waals surface area contributed by atoms with Gasteiger partial charge >= 0.3 is 6.09 Å². The lowest BCUT2D eigenvalue weighted by Gasteiger charge is -2.36. The number of hydrogen-bond donors (Lipinski definition) is 2. The monoisotopic (exact) mass is 316 g/mol. The summed E-state index contributed by atoms with van der Waals surface area (Å²) in [6, 6.07) is 9.65. The minimum atomic E-state index is -0.432. The fourth-order valence-electron chi connectivity index (χ4n) is 3.01. The topological polar surface area (TPSA) is 50.4 Å². The molecule has 126 valence electrons. The molecule has 0 bridgehead atoms. The van der Waals surface area contributed by atoms with Crippen LogP contribution >= 0.6 is 0 Å². The zero-order valence-electron chi connectivity index (χ0n) is 14.4. The first kappa shape index (κ1) is 16.3. The highest BCUT2D eigenvalue weighted by Crippen LogP contribution is 2.40. The number of nitrogens with one attached hydrogen (secondary N) is 2. The van der Waals surface area contributed by atoms with Crippen molar-refractivity contribution < 1.29 is 9.53 Å². The van der Waals surface area contributed by atoms with Crippen LogP contribution in [-0.2, 0) is 11.3 Å². The molecule has 0 saturated heterocycles. The van der Waals surface area contributed by atoms with E-state index in [9.17, 15) is 4.79 Å². The van der Waals surface area contributed by atoms with Crippen LogP contribution in [0.1, 0.15) is 63.5 Å². The Labute approximate surface area is 139 Å². The highest BCUT2D eigenvalue weighted by molar-refractivity contribution is 5.68. The molecule has 2 aliphatic carbocycles. The normalized spacial score (nSPS) is 24.0. The van der Waals surface area contributed by atoms with Crippen molar-refractivity contribution in [3.05, 3.63) is 35.4 Å². The highest BCUT2D eigenvalue weighted by Gasteiger charge is 2.31. The molecule has 3 rings (SSSR count). The second kappa shape index (κ2) is 6.52. The van der Waals surface area contributed by atoms with Gasteiger partial charge in [0, 0.05) is 18.6 Å². The van der Waals surface area contributed by atoms with E-state index in [1.54, 1.807) is 0 Å². The molecule has 0 unspecified atom stereocenters. The average Bonchev–Trinajstić information content (AvgIpc) is 3.24. The minimum absolute atomic E-state index is 0.236. The number of hydrogen-bond acceptors (Lipinski definition) is 3. The molecule has 2 saturated carbocycles. The van der Waals surface area contributed by atoms with E-state index in [0.29, 0.717) is 6.04 Å². The van der Waals surface area contributed by atoms with E-state index in [1.165, 1.54) is 24.0 Å². The lowest BCUT2D eigenvalue weighted by Crippen LogP contribution is -2.52. The molecule has 23 heavy (non-hydrogen) atoms. The number of ether oxygens (including phenoxy) is 1. The zero-order valence-corrected chi connectivity index (χ0v) is 14.4. The molecule has 4 nitrogen and oxygen atoms in total. The zero-order chi connectivity index (χ0) is 16.4. The van der Waals surface area contributed by atoms with Gasteiger partial charge in [0.25, 0.3) is 0 Å². The molecule has 2 fully saturated rings. The number of amides is 1. The van der Waals surface area contributed by atoms with E-state index in [-0.39, 0.29) is 12.1 Å². The van der Waals surface area contributed by atoms with Gasteiger partial charge < -0.3 is 15.4 Å². The summed E-state index contributed by atoms with van der Waals surface area (Å²) < 4.78 is 5.28. The van der Waals surface area contributed by atoms with Crippen molar-refractivity contribution in [2.24, 2.45) is 0 Å². The lowest BCUT2D eigenvalue weighted by molar-refractivity contribution is 0.0465. The minimum Gasteiger partial charge on any atom is -0.444 e. The number of carbonyl (C=O) groups excluding carboxylic acids is 1. The number of carbonyl (C=O) groups is 1. The number of rotatable bonds is 5. The lowest BCUT2D eigenvalue weighted by atomic mass is 9.86. The van der Waals surface area contributed by atoms with Gasteiger partial charge in [-0.2, -0.15) is 0 Å². The summed E-state index contributed by atoms with van der Waals surface area (Å²) in [6.07, 6.45) is 4.33. The van der Waals surface area contributed by atoms with Crippen LogP contribution in [0.15, 0.2) is 24.3 Å². The largest absolute Gasteiger partial charge is 0.444 e. The van der Waals surface area contributed by atoms with E-state index in [4.69, 9.17) is 4.74 Å². The van der Waals surface area contributed by atoms with Crippen LogP contribution in [0.5, 0.6) is 0 Å². The van der Waals surface area contributed by atoms with Gasteiger partial charge in [0.1, 0.15) is 5.60 Å². The Morgan fingerprint density at radius 1 is 1.22 bits per heavy atom. The van der Waals surface area contributed by atoms with Crippen molar-refractivity contribution in [1.82, 2.24) is 10.6 Å². The van der Waals surface area contributed by atoms with Gasteiger partial charge in [-0.3, -0.25) is 0 Å². The second-order valence-corrected chi connectivity index (χ2v) is 7.91. The van der Waals surface area contributed by atoms with Gasteiger partial charge in [-0.15, -0.1) is 0 Å². The van der Waals surface area contributed by atoms with Crippen molar-refractivity contribution in [2.45, 2.75) is 76.6 Å². The first-order valence-electron chi connectivity index (χ1n) is 8.71. The van der Waals surface area contributed by atoms with Crippen molar-refractivity contribution in [3.8, 4) is 0 Å². The molecule has 1 aromatic carbocycles. The average molecular weight is 316 g/mol. The Bertz CT molecular complexity index is 555. The maximum atomic E-state index is 11.7. The molecule has 2 aliphatic rings. The Balaban J connectivity index is 1.36. The van der Waals surface area contributed by atoms with Crippen LogP contribution in [0.2, 0.25) is 0 Å². The molecule has 0 atom stereocenters. The predicted octanol–water partition coefficient (Wildman–Crippen LogP) is 3.71. The van der Waals surface area contributed by atoms with E-state index < -0.39 is 5.60 Å². The first-order chi connectivity index (χ1) is 10.9. The molecule has 0 aromatic heterocycles. The smallest absolute Gasteiger partial charge is 0.407 e. The summed E-state index contributed by atoms with van der Waals surface area (Å²) >= 11 is 0. The molecular weight excluding hydrogens is 288 g/mol. The summed E-state index contributed by atoms with van der Waals surface area (Å²) in [5.41, 5.74) is 2.42. The third kappa shape index (κ3) is 4.96. The van der Waals surface area contributed by atoms with E-state index in [1.807, 2.05) is 20.8 Å². The van der Waals surface area contributed by atoms with Gasteiger partial charge in [0.05, 0.1) is 0 Å². The van der Waals surface area contributed by atoms with Crippen molar-refractivity contribution in [3.63, 3.8) is 0 Å². The molecule has 0 heterocycles. The predicted molar refractivity (Wildman–Crippen MR) is 91.4 cm³/mol. The molecule has 2 N–H and O–H groups in total. The summed E-state index contributed by atoms with van der Waals surface area (Å²) in [5, 5.41) is 6.51. The molecule has 0 spiro atoms. The molecular formula is C19H28N2O2. The quantitative estimate of drug-likeness (QED) is 0.870. The molecule has 4 heteroatoms. The number of alkyl carbamates (subject to hydrolysis) is 1. The maximum absolute atomic E-state index is 11.7. The molecule has 0 radical (unpaired) electrons. The van der Waals surface area contributed by atoms with Gasteiger partial charge in [0.15, 0.2) is 0 Å². The summed E-state index contributed by atoms with van der Waals surface area (Å²) in [7, 11) is 0. The van der Waals surface area contributed by atoms with Crippen LogP contribution in [0, 0.1) is 0 Å². The fraction of sp³-hybridized carbons (Fsp3) is 0.632. The molecule has 1 amide bonds. The van der Waals surface area contributed by atoms with E-state index in [0.717, 1.165) is 25.3 Å². The molecule has 1 aromatic rings. The van der Waals surface area contributed by atoms with Crippen LogP contribution in [0.25, 0.3) is 0 Å². The van der Waals surface area contributed by atoms with Crippen LogP contribution < -0.4 is 10.6 Å². The first-order valence-corrected chi connectivity index (χ1v) is 8.71. The van der Waals surface area contributed by atoms with Crippen LogP contribution in [-0.4, -0.2) is 23.8 Å². The third-order valence-electron chi connectivity index (χ3n) is 4.45. The summed E-state index contributed by atoms with van der Waals surface area (Å²) in [6.45, 7) is 6.55.